The number of carbonyl (C=O) groups excluding carboxylic acids is 3. The monoisotopic (exact) mass is 415 g/mol. The Balaban J connectivity index is 1.49. The van der Waals surface area contributed by atoms with Crippen molar-refractivity contribution in [1.29, 1.82) is 5.26 Å². The van der Waals surface area contributed by atoms with Gasteiger partial charge in [0, 0.05) is 0 Å². The van der Waals surface area contributed by atoms with Crippen molar-refractivity contribution < 1.29 is 19.1 Å². The summed E-state index contributed by atoms with van der Waals surface area (Å²) in [5.41, 5.74) is 1.49. The number of hydrogen-bond acceptors (Lipinski definition) is 5. The minimum absolute atomic E-state index is 0.121. The van der Waals surface area contributed by atoms with E-state index in [0.717, 1.165) is 16.3 Å². The summed E-state index contributed by atoms with van der Waals surface area (Å²) in [7, 11) is 0. The standard InChI is InChI=1S/C24H21N3O4/c1-16(24(30)27-21-12-5-3-8-19(21)14-25)31-23(29)15-26-22(28)13-18-10-6-9-17-7-2-4-11-20(17)18/h2-12,16H,13,15H2,1H3,(H,26,28)(H,27,30)/t16-/m1/s1. The molecule has 0 aliphatic carbocycles. The molecule has 156 valence electrons. The van der Waals surface area contributed by atoms with Gasteiger partial charge in [0.05, 0.1) is 17.7 Å². The highest BCUT2D eigenvalue weighted by Gasteiger charge is 2.19. The van der Waals surface area contributed by atoms with Crippen LogP contribution in [0.2, 0.25) is 0 Å². The molecule has 0 aliphatic heterocycles. The smallest absolute Gasteiger partial charge is 0.326 e. The highest BCUT2D eigenvalue weighted by atomic mass is 16.5. The fourth-order valence-electron chi connectivity index (χ4n) is 3.07. The lowest BCUT2D eigenvalue weighted by atomic mass is 10.0. The molecule has 0 aromatic heterocycles. The van der Waals surface area contributed by atoms with Gasteiger partial charge in [0.2, 0.25) is 5.91 Å². The quantitative estimate of drug-likeness (QED) is 0.577. The predicted octanol–water partition coefficient (Wildman–Crippen LogP) is 2.94. The molecule has 31 heavy (non-hydrogen) atoms. The molecule has 3 rings (SSSR count). The molecule has 0 bridgehead atoms. The SMILES string of the molecule is C[C@@H](OC(=O)CNC(=O)Cc1cccc2ccccc12)C(=O)Nc1ccccc1C#N. The van der Waals surface area contributed by atoms with Crippen LogP contribution in [-0.4, -0.2) is 30.4 Å². The van der Waals surface area contributed by atoms with Gasteiger partial charge in [-0.2, -0.15) is 5.26 Å². The predicted molar refractivity (Wildman–Crippen MR) is 116 cm³/mol. The van der Waals surface area contributed by atoms with E-state index in [0.29, 0.717) is 11.3 Å². The van der Waals surface area contributed by atoms with E-state index in [4.69, 9.17) is 10.00 Å². The van der Waals surface area contributed by atoms with Crippen LogP contribution in [-0.2, 0) is 25.5 Å². The molecule has 0 unspecified atom stereocenters. The van der Waals surface area contributed by atoms with Gasteiger partial charge in [-0.25, -0.2) is 0 Å². The average Bonchev–Trinajstić information content (AvgIpc) is 2.78. The minimum atomic E-state index is -1.09. The summed E-state index contributed by atoms with van der Waals surface area (Å²) in [6, 6.07) is 21.9. The van der Waals surface area contributed by atoms with Crippen LogP contribution in [0.3, 0.4) is 0 Å². The molecule has 2 amide bonds. The van der Waals surface area contributed by atoms with Crippen molar-refractivity contribution in [2.45, 2.75) is 19.4 Å². The first-order chi connectivity index (χ1) is 15.0. The number of para-hydroxylation sites is 1. The first-order valence-corrected chi connectivity index (χ1v) is 9.70. The van der Waals surface area contributed by atoms with Crippen LogP contribution in [0.4, 0.5) is 5.69 Å². The number of rotatable bonds is 7. The number of esters is 1. The Kier molecular flexibility index (Phi) is 6.97. The molecule has 0 saturated carbocycles. The maximum absolute atomic E-state index is 12.3. The zero-order chi connectivity index (χ0) is 22.2. The number of carbonyl (C=O) groups is 3. The van der Waals surface area contributed by atoms with Gasteiger partial charge in [-0.15, -0.1) is 0 Å². The topological polar surface area (TPSA) is 108 Å². The van der Waals surface area contributed by atoms with Crippen LogP contribution in [0.1, 0.15) is 18.1 Å². The molecule has 0 fully saturated rings. The Labute approximate surface area is 179 Å². The summed E-state index contributed by atoms with van der Waals surface area (Å²) in [4.78, 5) is 36.5. The maximum Gasteiger partial charge on any atom is 0.326 e. The molecule has 7 heteroatoms. The summed E-state index contributed by atoms with van der Waals surface area (Å²) >= 11 is 0. The highest BCUT2D eigenvalue weighted by Crippen LogP contribution is 2.19. The molecular weight excluding hydrogens is 394 g/mol. The van der Waals surface area contributed by atoms with Crippen LogP contribution >= 0.6 is 0 Å². The van der Waals surface area contributed by atoms with Crippen LogP contribution in [0, 0.1) is 11.3 Å². The second-order valence-electron chi connectivity index (χ2n) is 6.87. The summed E-state index contributed by atoms with van der Waals surface area (Å²) in [6.07, 6.45) is -0.968. The zero-order valence-corrected chi connectivity index (χ0v) is 16.9. The lowest BCUT2D eigenvalue weighted by Gasteiger charge is -2.14. The van der Waals surface area contributed by atoms with E-state index in [1.165, 1.54) is 6.92 Å². The molecule has 0 spiro atoms. The average molecular weight is 415 g/mol. The van der Waals surface area contributed by atoms with Gasteiger partial charge >= 0.3 is 5.97 Å². The summed E-state index contributed by atoms with van der Waals surface area (Å²) < 4.78 is 5.08. The van der Waals surface area contributed by atoms with Gasteiger partial charge in [-0.05, 0) is 35.4 Å². The van der Waals surface area contributed by atoms with E-state index >= 15 is 0 Å². The fraction of sp³-hybridized carbons (Fsp3) is 0.167. The van der Waals surface area contributed by atoms with Crippen LogP contribution in [0.25, 0.3) is 10.8 Å². The van der Waals surface area contributed by atoms with Gasteiger partial charge in [0.1, 0.15) is 12.6 Å². The highest BCUT2D eigenvalue weighted by molar-refractivity contribution is 5.96. The van der Waals surface area contributed by atoms with Gasteiger partial charge in [0.25, 0.3) is 5.91 Å². The third-order valence-corrected chi connectivity index (χ3v) is 4.64. The largest absolute Gasteiger partial charge is 0.451 e. The van der Waals surface area contributed by atoms with E-state index in [2.05, 4.69) is 10.6 Å². The Hall–Kier alpha value is -4.18. The first kappa shape index (κ1) is 21.5. The molecule has 0 heterocycles. The Bertz CT molecular complexity index is 1160. The van der Waals surface area contributed by atoms with Gasteiger partial charge in [-0.1, -0.05) is 54.6 Å². The van der Waals surface area contributed by atoms with E-state index in [9.17, 15) is 14.4 Å². The first-order valence-electron chi connectivity index (χ1n) is 9.70. The third-order valence-electron chi connectivity index (χ3n) is 4.64. The number of fused-ring (bicyclic) bond motifs is 1. The fourth-order valence-corrected chi connectivity index (χ4v) is 3.07. The van der Waals surface area contributed by atoms with Crippen molar-refractivity contribution in [2.75, 3.05) is 11.9 Å². The second kappa shape index (κ2) is 10.0. The molecule has 7 nitrogen and oxygen atoms in total. The Morgan fingerprint density at radius 1 is 1.00 bits per heavy atom. The van der Waals surface area contributed by atoms with E-state index in [-0.39, 0.29) is 18.9 Å². The van der Waals surface area contributed by atoms with Crippen molar-refractivity contribution in [3.8, 4) is 6.07 Å². The lowest BCUT2D eigenvalue weighted by Crippen LogP contribution is -2.36. The lowest BCUT2D eigenvalue weighted by molar-refractivity contribution is -0.152. The zero-order valence-electron chi connectivity index (χ0n) is 16.9. The number of amides is 2. The van der Waals surface area contributed by atoms with Crippen LogP contribution in [0.15, 0.2) is 66.7 Å². The maximum atomic E-state index is 12.3. The number of anilines is 1. The Morgan fingerprint density at radius 2 is 1.71 bits per heavy atom. The number of nitriles is 1. The normalized spacial score (nSPS) is 11.2. The molecule has 0 saturated heterocycles. The van der Waals surface area contributed by atoms with E-state index < -0.39 is 18.0 Å². The number of ether oxygens (including phenoxy) is 1. The number of nitrogens with one attached hydrogen (secondary N) is 2. The van der Waals surface area contributed by atoms with Crippen LogP contribution < -0.4 is 10.6 Å². The molecule has 0 aliphatic rings. The van der Waals surface area contributed by atoms with Crippen molar-refractivity contribution >= 4 is 34.2 Å². The number of nitrogens with zero attached hydrogens (tertiary/aromatic N) is 1. The van der Waals surface area contributed by atoms with Crippen LogP contribution in [0.5, 0.6) is 0 Å². The third kappa shape index (κ3) is 5.67. The molecule has 1 atom stereocenters. The van der Waals surface area contributed by atoms with Crippen molar-refractivity contribution in [1.82, 2.24) is 5.32 Å². The Morgan fingerprint density at radius 3 is 2.52 bits per heavy atom. The van der Waals surface area contributed by atoms with E-state index in [1.807, 2.05) is 48.5 Å². The molecule has 0 radical (unpaired) electrons. The number of benzene rings is 3. The van der Waals surface area contributed by atoms with Crippen molar-refractivity contribution in [3.63, 3.8) is 0 Å². The van der Waals surface area contributed by atoms with E-state index in [1.54, 1.807) is 24.3 Å². The number of hydrogen-bond donors (Lipinski definition) is 2. The second-order valence-corrected chi connectivity index (χ2v) is 6.87. The van der Waals surface area contributed by atoms with Crippen molar-refractivity contribution in [2.24, 2.45) is 0 Å². The summed E-state index contributed by atoms with van der Waals surface area (Å²) in [6.45, 7) is 1.07. The molecule has 3 aromatic rings. The van der Waals surface area contributed by atoms with Gasteiger partial charge in [-0.3, -0.25) is 14.4 Å². The summed E-state index contributed by atoms with van der Waals surface area (Å²) in [5, 5.41) is 16.2. The molecular formula is C24H21N3O4. The molecule has 3 aromatic carbocycles. The van der Waals surface area contributed by atoms with Crippen molar-refractivity contribution in [3.05, 3.63) is 77.9 Å². The molecule has 2 N–H and O–H groups in total. The van der Waals surface area contributed by atoms with Gasteiger partial charge in [0.15, 0.2) is 6.10 Å². The minimum Gasteiger partial charge on any atom is -0.451 e. The van der Waals surface area contributed by atoms with Gasteiger partial charge < -0.3 is 15.4 Å². The summed E-state index contributed by atoms with van der Waals surface area (Å²) in [5.74, 6) is -1.63.